The van der Waals surface area contributed by atoms with Gasteiger partial charge in [-0.15, -0.1) is 0 Å². The molecule has 130 valence electrons. The summed E-state index contributed by atoms with van der Waals surface area (Å²) in [5, 5.41) is 2.95. The smallest absolute Gasteiger partial charge is 0.270 e. The minimum atomic E-state index is -0.136. The fourth-order valence-corrected chi connectivity index (χ4v) is 3.62. The second-order valence-electron chi connectivity index (χ2n) is 6.63. The number of carbonyl (C=O) groups is 1. The molecule has 2 aliphatic heterocycles. The van der Waals surface area contributed by atoms with Gasteiger partial charge in [-0.25, -0.2) is 0 Å². The van der Waals surface area contributed by atoms with Gasteiger partial charge in [0.25, 0.3) is 5.91 Å². The molecule has 1 fully saturated rings. The van der Waals surface area contributed by atoms with E-state index in [-0.39, 0.29) is 12.0 Å². The Morgan fingerprint density at radius 3 is 3.08 bits per heavy atom. The Hall–Kier alpha value is -2.40. The number of anilines is 2. The molecule has 1 N–H and O–H groups in total. The topological polar surface area (TPSA) is 54.5 Å². The number of amides is 1. The number of para-hydroxylation sites is 1. The van der Waals surface area contributed by atoms with Crippen LogP contribution in [0.3, 0.4) is 0 Å². The number of ether oxygens (including phenoxy) is 1. The summed E-state index contributed by atoms with van der Waals surface area (Å²) in [5.74, 6) is -0.136. The average molecular weight is 337 g/mol. The van der Waals surface area contributed by atoms with Gasteiger partial charge in [-0.3, -0.25) is 9.78 Å². The molecule has 1 aromatic heterocycles. The van der Waals surface area contributed by atoms with Gasteiger partial charge in [-0.1, -0.05) is 18.2 Å². The normalized spacial score (nSPS) is 19.5. The van der Waals surface area contributed by atoms with Gasteiger partial charge >= 0.3 is 0 Å². The van der Waals surface area contributed by atoms with Crippen molar-refractivity contribution in [2.24, 2.45) is 0 Å². The zero-order valence-electron chi connectivity index (χ0n) is 14.3. The first-order valence-corrected chi connectivity index (χ1v) is 9.02. The van der Waals surface area contributed by atoms with Gasteiger partial charge in [-0.2, -0.15) is 0 Å². The molecule has 5 heteroatoms. The molecule has 2 aromatic rings. The van der Waals surface area contributed by atoms with Crippen LogP contribution in [0.5, 0.6) is 0 Å². The molecular formula is C20H23N3O2. The fourth-order valence-electron chi connectivity index (χ4n) is 3.62. The standard InChI is InChI=1S/C20H23N3O2/c24-20(22-14-17-7-4-12-25-17)18-13-16(9-10-21-18)23-11-3-6-15-5-1-2-8-19(15)23/h1-2,5,8-10,13,17H,3-4,6-7,11-12,14H2,(H,22,24). The molecule has 5 nitrogen and oxygen atoms in total. The van der Waals surface area contributed by atoms with Crippen molar-refractivity contribution in [3.05, 3.63) is 53.9 Å². The Balaban J connectivity index is 1.51. The lowest BCUT2D eigenvalue weighted by Gasteiger charge is -2.31. The van der Waals surface area contributed by atoms with Crippen LogP contribution in [0.1, 0.15) is 35.3 Å². The second kappa shape index (κ2) is 7.23. The third kappa shape index (κ3) is 3.51. The Bertz CT molecular complexity index is 756. The number of aryl methyl sites for hydroxylation is 1. The molecule has 1 atom stereocenters. The molecule has 25 heavy (non-hydrogen) atoms. The predicted octanol–water partition coefficient (Wildman–Crippen LogP) is 3.07. The maximum Gasteiger partial charge on any atom is 0.270 e. The SMILES string of the molecule is O=C(NCC1CCCO1)c1cc(N2CCCc3ccccc32)ccn1. The highest BCUT2D eigenvalue weighted by Crippen LogP contribution is 2.33. The summed E-state index contributed by atoms with van der Waals surface area (Å²) in [6.45, 7) is 2.30. The summed E-state index contributed by atoms with van der Waals surface area (Å²) in [4.78, 5) is 19.0. The lowest BCUT2D eigenvalue weighted by Crippen LogP contribution is -2.32. The second-order valence-corrected chi connectivity index (χ2v) is 6.63. The van der Waals surface area contributed by atoms with E-state index in [1.807, 2.05) is 12.1 Å². The largest absolute Gasteiger partial charge is 0.376 e. The number of fused-ring (bicyclic) bond motifs is 1. The lowest BCUT2D eigenvalue weighted by molar-refractivity contribution is 0.0854. The number of carbonyl (C=O) groups excluding carboxylic acids is 1. The van der Waals surface area contributed by atoms with Crippen LogP contribution in [0, 0.1) is 0 Å². The van der Waals surface area contributed by atoms with Crippen molar-refractivity contribution in [2.45, 2.75) is 31.8 Å². The summed E-state index contributed by atoms with van der Waals surface area (Å²) in [5.41, 5.74) is 4.06. The van der Waals surface area contributed by atoms with Crippen molar-refractivity contribution in [3.63, 3.8) is 0 Å². The van der Waals surface area contributed by atoms with Gasteiger partial charge < -0.3 is 15.0 Å². The quantitative estimate of drug-likeness (QED) is 0.931. The number of aromatic nitrogens is 1. The minimum Gasteiger partial charge on any atom is -0.376 e. The van der Waals surface area contributed by atoms with Gasteiger partial charge in [0.2, 0.25) is 0 Å². The highest BCUT2D eigenvalue weighted by Gasteiger charge is 2.20. The highest BCUT2D eigenvalue weighted by atomic mass is 16.5. The lowest BCUT2D eigenvalue weighted by atomic mass is 10.0. The third-order valence-corrected chi connectivity index (χ3v) is 4.91. The first-order valence-electron chi connectivity index (χ1n) is 9.02. The van der Waals surface area contributed by atoms with E-state index in [4.69, 9.17) is 4.74 Å². The number of nitrogens with zero attached hydrogens (tertiary/aromatic N) is 2. The fraction of sp³-hybridized carbons (Fsp3) is 0.400. The van der Waals surface area contributed by atoms with Crippen molar-refractivity contribution < 1.29 is 9.53 Å². The van der Waals surface area contributed by atoms with Gasteiger partial charge in [0, 0.05) is 37.3 Å². The molecule has 1 unspecified atom stereocenters. The molecule has 1 aromatic carbocycles. The zero-order valence-corrected chi connectivity index (χ0v) is 14.3. The van der Waals surface area contributed by atoms with Crippen molar-refractivity contribution in [1.29, 1.82) is 0 Å². The number of hydrogen-bond donors (Lipinski definition) is 1. The number of rotatable bonds is 4. The van der Waals surface area contributed by atoms with Crippen LogP contribution in [0.15, 0.2) is 42.6 Å². The predicted molar refractivity (Wildman–Crippen MR) is 97.3 cm³/mol. The van der Waals surface area contributed by atoms with Crippen LogP contribution >= 0.6 is 0 Å². The summed E-state index contributed by atoms with van der Waals surface area (Å²) in [6.07, 6.45) is 6.15. The van der Waals surface area contributed by atoms with Crippen molar-refractivity contribution in [1.82, 2.24) is 10.3 Å². The summed E-state index contributed by atoms with van der Waals surface area (Å²) in [7, 11) is 0. The number of pyridine rings is 1. The molecule has 2 aliphatic rings. The number of hydrogen-bond acceptors (Lipinski definition) is 4. The van der Waals surface area contributed by atoms with Crippen LogP contribution < -0.4 is 10.2 Å². The summed E-state index contributed by atoms with van der Waals surface area (Å²) >= 11 is 0. The Morgan fingerprint density at radius 1 is 1.28 bits per heavy atom. The maximum absolute atomic E-state index is 12.4. The molecule has 0 bridgehead atoms. The van der Waals surface area contributed by atoms with E-state index in [1.165, 1.54) is 11.3 Å². The van der Waals surface area contributed by atoms with Crippen LogP contribution in [0.2, 0.25) is 0 Å². The molecule has 4 rings (SSSR count). The van der Waals surface area contributed by atoms with E-state index in [9.17, 15) is 4.79 Å². The highest BCUT2D eigenvalue weighted by molar-refractivity contribution is 5.93. The van der Waals surface area contributed by atoms with Gasteiger partial charge in [0.05, 0.1) is 6.10 Å². The van der Waals surface area contributed by atoms with Crippen LogP contribution in [-0.2, 0) is 11.2 Å². The molecule has 0 spiro atoms. The van der Waals surface area contributed by atoms with E-state index in [0.29, 0.717) is 12.2 Å². The van der Waals surface area contributed by atoms with E-state index in [0.717, 1.165) is 44.5 Å². The average Bonchev–Trinajstić information content (AvgIpc) is 3.19. The van der Waals surface area contributed by atoms with Crippen molar-refractivity contribution >= 4 is 17.3 Å². The number of benzene rings is 1. The van der Waals surface area contributed by atoms with Crippen LogP contribution in [0.4, 0.5) is 11.4 Å². The molecule has 1 saturated heterocycles. The Morgan fingerprint density at radius 2 is 2.20 bits per heavy atom. The molecule has 0 aliphatic carbocycles. The van der Waals surface area contributed by atoms with Crippen molar-refractivity contribution in [3.8, 4) is 0 Å². The van der Waals surface area contributed by atoms with E-state index < -0.39 is 0 Å². The van der Waals surface area contributed by atoms with Crippen LogP contribution in [-0.4, -0.2) is 36.7 Å². The Kier molecular flexibility index (Phi) is 4.65. The first-order chi connectivity index (χ1) is 12.3. The van der Waals surface area contributed by atoms with Gasteiger partial charge in [0.1, 0.15) is 5.69 Å². The molecule has 3 heterocycles. The van der Waals surface area contributed by atoms with E-state index in [2.05, 4.69) is 39.5 Å². The van der Waals surface area contributed by atoms with Gasteiger partial charge in [-0.05, 0) is 49.4 Å². The van der Waals surface area contributed by atoms with Crippen molar-refractivity contribution in [2.75, 3.05) is 24.6 Å². The maximum atomic E-state index is 12.4. The third-order valence-electron chi connectivity index (χ3n) is 4.91. The monoisotopic (exact) mass is 337 g/mol. The Labute approximate surface area is 148 Å². The zero-order chi connectivity index (χ0) is 17.1. The van der Waals surface area contributed by atoms with Gasteiger partial charge in [0.15, 0.2) is 0 Å². The summed E-state index contributed by atoms with van der Waals surface area (Å²) in [6, 6.07) is 12.3. The molecular weight excluding hydrogens is 314 g/mol. The van der Waals surface area contributed by atoms with Crippen LogP contribution in [0.25, 0.3) is 0 Å². The van der Waals surface area contributed by atoms with E-state index >= 15 is 0 Å². The summed E-state index contributed by atoms with van der Waals surface area (Å²) < 4.78 is 5.55. The molecule has 1 amide bonds. The first kappa shape index (κ1) is 16.1. The minimum absolute atomic E-state index is 0.136. The molecule has 0 radical (unpaired) electrons. The molecule has 0 saturated carbocycles. The number of nitrogens with one attached hydrogen (secondary N) is 1. The van der Waals surface area contributed by atoms with E-state index in [1.54, 1.807) is 6.20 Å².